The molecule has 2 aliphatic heterocycles. The molecule has 0 spiro atoms. The summed E-state index contributed by atoms with van der Waals surface area (Å²) in [6.07, 6.45) is 6.28. The first-order chi connectivity index (χ1) is 6.50. The maximum Gasteiger partial charge on any atom is 0.228 e. The lowest BCUT2D eigenvalue weighted by molar-refractivity contribution is -0.144. The van der Waals surface area contributed by atoms with E-state index in [2.05, 4.69) is 4.90 Å². The van der Waals surface area contributed by atoms with E-state index in [1.54, 1.807) is 0 Å². The number of fused-ring (bicyclic) bond motifs is 2. The fourth-order valence-electron chi connectivity index (χ4n) is 2.84. The molecule has 0 radical (unpaired) electrons. The second-order valence-electron chi connectivity index (χ2n) is 5.78. The van der Waals surface area contributed by atoms with Crippen LogP contribution in [0.3, 0.4) is 0 Å². The van der Waals surface area contributed by atoms with E-state index in [0.717, 1.165) is 0 Å². The van der Waals surface area contributed by atoms with Crippen LogP contribution in [0.2, 0.25) is 0 Å². The minimum absolute atomic E-state index is 0.196. The van der Waals surface area contributed by atoms with Crippen molar-refractivity contribution in [3.8, 4) is 0 Å². The maximum absolute atomic E-state index is 12.2. The third kappa shape index (κ3) is 1.55. The summed E-state index contributed by atoms with van der Waals surface area (Å²) in [5, 5.41) is 0. The van der Waals surface area contributed by atoms with Crippen LogP contribution in [0.25, 0.3) is 0 Å². The molecule has 2 rings (SSSR count). The fraction of sp³-hybridized carbons (Fsp3) is 0.917. The maximum atomic E-state index is 12.2. The summed E-state index contributed by atoms with van der Waals surface area (Å²) in [5.74, 6) is 0.365. The number of piperidine rings is 1. The molecule has 0 aromatic rings. The van der Waals surface area contributed by atoms with E-state index in [0.29, 0.717) is 18.0 Å². The monoisotopic (exact) mass is 195 g/mol. The van der Waals surface area contributed by atoms with Crippen molar-refractivity contribution in [2.24, 2.45) is 5.41 Å². The van der Waals surface area contributed by atoms with Gasteiger partial charge in [0.1, 0.15) is 0 Å². The van der Waals surface area contributed by atoms with Gasteiger partial charge in [0.05, 0.1) is 0 Å². The summed E-state index contributed by atoms with van der Waals surface area (Å²) in [6, 6.07) is 1.14. The summed E-state index contributed by atoms with van der Waals surface area (Å²) in [7, 11) is 0. The zero-order valence-electron chi connectivity index (χ0n) is 9.55. The number of amides is 1. The molecule has 1 amide bonds. The molecule has 2 heteroatoms. The van der Waals surface area contributed by atoms with Crippen LogP contribution in [0.15, 0.2) is 0 Å². The highest BCUT2D eigenvalue weighted by atomic mass is 16.2. The second kappa shape index (κ2) is 3.25. The minimum atomic E-state index is -0.196. The summed E-state index contributed by atoms with van der Waals surface area (Å²) in [5.41, 5.74) is -0.196. The molecule has 2 bridgehead atoms. The number of rotatable bonds is 0. The number of hydrogen-bond acceptors (Lipinski definition) is 1. The Morgan fingerprint density at radius 1 is 1.07 bits per heavy atom. The van der Waals surface area contributed by atoms with E-state index < -0.39 is 0 Å². The summed E-state index contributed by atoms with van der Waals surface area (Å²) >= 11 is 0. The predicted octanol–water partition coefficient (Wildman–Crippen LogP) is 2.58. The molecule has 0 saturated carbocycles. The van der Waals surface area contributed by atoms with Crippen molar-refractivity contribution in [1.29, 1.82) is 0 Å². The van der Waals surface area contributed by atoms with Crippen LogP contribution in [0.4, 0.5) is 0 Å². The Morgan fingerprint density at radius 2 is 1.57 bits per heavy atom. The molecular weight excluding hydrogens is 174 g/mol. The molecule has 14 heavy (non-hydrogen) atoms. The zero-order chi connectivity index (χ0) is 10.3. The minimum Gasteiger partial charge on any atom is -0.336 e. The van der Waals surface area contributed by atoms with Gasteiger partial charge in [-0.15, -0.1) is 0 Å². The van der Waals surface area contributed by atoms with Crippen molar-refractivity contribution in [1.82, 2.24) is 4.90 Å². The lowest BCUT2D eigenvalue weighted by Crippen LogP contribution is -2.48. The van der Waals surface area contributed by atoms with E-state index in [1.165, 1.54) is 32.1 Å². The molecule has 2 fully saturated rings. The number of hydrogen-bond donors (Lipinski definition) is 0. The fourth-order valence-corrected chi connectivity index (χ4v) is 2.84. The van der Waals surface area contributed by atoms with Gasteiger partial charge in [-0.3, -0.25) is 4.79 Å². The van der Waals surface area contributed by atoms with Crippen LogP contribution in [0.5, 0.6) is 0 Å². The van der Waals surface area contributed by atoms with Crippen LogP contribution in [0, 0.1) is 5.41 Å². The van der Waals surface area contributed by atoms with Crippen LogP contribution in [-0.4, -0.2) is 22.9 Å². The Hall–Kier alpha value is -0.530. The highest BCUT2D eigenvalue weighted by molar-refractivity contribution is 5.82. The lowest BCUT2D eigenvalue weighted by atomic mass is 9.91. The number of carbonyl (C=O) groups excluding carboxylic acids is 1. The van der Waals surface area contributed by atoms with Crippen LogP contribution in [0.1, 0.15) is 52.9 Å². The SMILES string of the molecule is CC(C)(C)C(=O)N1[C@@H]2CCC[C@H]1CC2. The van der Waals surface area contributed by atoms with Crippen LogP contribution >= 0.6 is 0 Å². The zero-order valence-corrected chi connectivity index (χ0v) is 9.55. The normalized spacial score (nSPS) is 32.1. The third-order valence-corrected chi connectivity index (χ3v) is 3.57. The third-order valence-electron chi connectivity index (χ3n) is 3.57. The molecule has 0 aliphatic carbocycles. The first-order valence-corrected chi connectivity index (χ1v) is 5.83. The summed E-state index contributed by atoms with van der Waals surface area (Å²) < 4.78 is 0. The Kier molecular flexibility index (Phi) is 2.32. The molecule has 2 atom stereocenters. The van der Waals surface area contributed by atoms with Gasteiger partial charge in [0.15, 0.2) is 0 Å². The second-order valence-corrected chi connectivity index (χ2v) is 5.78. The van der Waals surface area contributed by atoms with E-state index in [1.807, 2.05) is 20.8 Å². The molecular formula is C12H21NO. The van der Waals surface area contributed by atoms with Gasteiger partial charge in [0.25, 0.3) is 0 Å². The Labute approximate surface area is 86.7 Å². The molecule has 0 aromatic heterocycles. The molecule has 2 saturated heterocycles. The molecule has 2 nitrogen and oxygen atoms in total. The van der Waals surface area contributed by atoms with Gasteiger partial charge in [-0.1, -0.05) is 20.8 Å². The smallest absolute Gasteiger partial charge is 0.228 e. The van der Waals surface area contributed by atoms with Gasteiger partial charge in [0, 0.05) is 17.5 Å². The molecule has 0 aromatic carbocycles. The van der Waals surface area contributed by atoms with Crippen molar-refractivity contribution >= 4 is 5.91 Å². The first kappa shape index (κ1) is 10.0. The number of nitrogens with zero attached hydrogens (tertiary/aromatic N) is 1. The molecule has 80 valence electrons. The molecule has 0 unspecified atom stereocenters. The van der Waals surface area contributed by atoms with Gasteiger partial charge in [0.2, 0.25) is 5.91 Å². The van der Waals surface area contributed by atoms with Gasteiger partial charge in [-0.2, -0.15) is 0 Å². The first-order valence-electron chi connectivity index (χ1n) is 5.83. The van der Waals surface area contributed by atoms with E-state index in [4.69, 9.17) is 0 Å². The van der Waals surface area contributed by atoms with Gasteiger partial charge < -0.3 is 4.90 Å². The van der Waals surface area contributed by atoms with Crippen molar-refractivity contribution in [2.75, 3.05) is 0 Å². The van der Waals surface area contributed by atoms with Crippen LogP contribution in [-0.2, 0) is 4.79 Å². The van der Waals surface area contributed by atoms with Crippen molar-refractivity contribution in [3.05, 3.63) is 0 Å². The summed E-state index contributed by atoms with van der Waals surface area (Å²) in [4.78, 5) is 14.4. The van der Waals surface area contributed by atoms with Crippen LogP contribution < -0.4 is 0 Å². The summed E-state index contributed by atoms with van der Waals surface area (Å²) in [6.45, 7) is 6.09. The topological polar surface area (TPSA) is 20.3 Å². The van der Waals surface area contributed by atoms with E-state index >= 15 is 0 Å². The standard InChI is InChI=1S/C12H21NO/c1-12(2,3)11(14)13-9-5-4-6-10(13)8-7-9/h9-10H,4-8H2,1-3H3/t9-,10+. The molecule has 2 heterocycles. The number of carbonyl (C=O) groups is 1. The average molecular weight is 195 g/mol. The van der Waals surface area contributed by atoms with Gasteiger partial charge >= 0.3 is 0 Å². The highest BCUT2D eigenvalue weighted by Gasteiger charge is 2.42. The molecule has 0 N–H and O–H groups in total. The van der Waals surface area contributed by atoms with E-state index in [-0.39, 0.29) is 5.41 Å². The Bertz CT molecular complexity index is 225. The molecule has 2 aliphatic rings. The highest BCUT2D eigenvalue weighted by Crippen LogP contribution is 2.38. The largest absolute Gasteiger partial charge is 0.336 e. The Morgan fingerprint density at radius 3 is 2.00 bits per heavy atom. The Balaban J connectivity index is 2.15. The quantitative estimate of drug-likeness (QED) is 0.582. The van der Waals surface area contributed by atoms with Crippen molar-refractivity contribution < 1.29 is 4.79 Å². The predicted molar refractivity (Wildman–Crippen MR) is 57.0 cm³/mol. The van der Waals surface area contributed by atoms with Crippen molar-refractivity contribution in [2.45, 2.75) is 65.0 Å². The van der Waals surface area contributed by atoms with E-state index in [9.17, 15) is 4.79 Å². The lowest BCUT2D eigenvalue weighted by Gasteiger charge is -2.38. The van der Waals surface area contributed by atoms with Crippen molar-refractivity contribution in [3.63, 3.8) is 0 Å². The average Bonchev–Trinajstić information content (AvgIpc) is 2.32. The van der Waals surface area contributed by atoms with Gasteiger partial charge in [-0.25, -0.2) is 0 Å². The van der Waals surface area contributed by atoms with Gasteiger partial charge in [-0.05, 0) is 32.1 Å².